The molecule has 0 N–H and O–H groups in total. The second kappa shape index (κ2) is 6.20. The third-order valence-electron chi connectivity index (χ3n) is 4.99. The molecule has 2 heterocycles. The van der Waals surface area contributed by atoms with E-state index < -0.39 is 0 Å². The number of carbonyl (C=O) groups excluding carboxylic acids is 1. The van der Waals surface area contributed by atoms with Gasteiger partial charge >= 0.3 is 0 Å². The molecule has 0 bridgehead atoms. The highest BCUT2D eigenvalue weighted by Gasteiger charge is 2.34. The highest BCUT2D eigenvalue weighted by atomic mass is 16.6. The van der Waals surface area contributed by atoms with Crippen molar-refractivity contribution in [2.75, 3.05) is 26.4 Å². The maximum absolute atomic E-state index is 12.9. The van der Waals surface area contributed by atoms with Gasteiger partial charge in [0.05, 0.1) is 11.6 Å². The van der Waals surface area contributed by atoms with E-state index in [4.69, 9.17) is 18.9 Å². The zero-order valence-electron chi connectivity index (χ0n) is 14.6. The summed E-state index contributed by atoms with van der Waals surface area (Å²) in [7, 11) is 0. The highest BCUT2D eigenvalue weighted by molar-refractivity contribution is 6.06. The second-order valence-electron chi connectivity index (χ2n) is 6.83. The lowest BCUT2D eigenvalue weighted by atomic mass is 9.91. The average Bonchev–Trinajstić information content (AvgIpc) is 3.56. The van der Waals surface area contributed by atoms with E-state index >= 15 is 0 Å². The number of carbonyl (C=O) groups is 1. The molecule has 1 aliphatic carbocycles. The zero-order chi connectivity index (χ0) is 18.4. The summed E-state index contributed by atoms with van der Waals surface area (Å²) in [6, 6.07) is 9.22. The molecule has 0 radical (unpaired) electrons. The van der Waals surface area contributed by atoms with Crippen LogP contribution in [0.3, 0.4) is 0 Å². The lowest BCUT2D eigenvalue weighted by Crippen LogP contribution is -2.17. The van der Waals surface area contributed by atoms with Gasteiger partial charge in [-0.3, -0.25) is 4.79 Å². The van der Waals surface area contributed by atoms with Crippen LogP contribution in [0.2, 0.25) is 0 Å². The van der Waals surface area contributed by atoms with E-state index in [9.17, 15) is 10.1 Å². The first-order chi connectivity index (χ1) is 13.2. The Balaban J connectivity index is 1.72. The molecule has 136 valence electrons. The largest absolute Gasteiger partial charge is 0.486 e. The van der Waals surface area contributed by atoms with E-state index in [0.29, 0.717) is 71.7 Å². The van der Waals surface area contributed by atoms with Crippen molar-refractivity contribution in [2.24, 2.45) is 5.92 Å². The minimum absolute atomic E-state index is 0.0501. The van der Waals surface area contributed by atoms with E-state index in [1.54, 1.807) is 24.3 Å². The summed E-state index contributed by atoms with van der Waals surface area (Å²) in [4.78, 5) is 12.9. The molecule has 3 aliphatic rings. The fourth-order valence-electron chi connectivity index (χ4n) is 3.49. The molecule has 0 atom stereocenters. The molecule has 6 heteroatoms. The maximum Gasteiger partial charge on any atom is 0.166 e. The summed E-state index contributed by atoms with van der Waals surface area (Å²) in [5.74, 6) is 2.42. The molecule has 5 rings (SSSR count). The summed E-state index contributed by atoms with van der Waals surface area (Å²) in [6.07, 6.45) is 1.80. The Morgan fingerprint density at radius 1 is 0.815 bits per heavy atom. The Morgan fingerprint density at radius 2 is 1.33 bits per heavy atom. The molecule has 6 nitrogen and oxygen atoms in total. The van der Waals surface area contributed by atoms with Crippen molar-refractivity contribution in [1.82, 2.24) is 0 Å². The van der Waals surface area contributed by atoms with Gasteiger partial charge in [0.15, 0.2) is 28.8 Å². The number of ketones is 1. The Labute approximate surface area is 156 Å². The lowest BCUT2D eigenvalue weighted by Gasteiger charge is -2.23. The standard InChI is InChI=1S/C21H17NO5/c22-11-13-7-17-18(25-4-3-24-17)8-14(13)15-9-19-20(27-6-5-26-19)10-16(15)21(23)12-1-2-12/h7-10,12H,1-6H2. The molecule has 1 saturated carbocycles. The predicted molar refractivity (Wildman–Crippen MR) is 95.6 cm³/mol. The molecule has 2 aliphatic heterocycles. The fraction of sp³-hybridized carbons (Fsp3) is 0.333. The number of hydrogen-bond donors (Lipinski definition) is 0. The number of benzene rings is 2. The van der Waals surface area contributed by atoms with E-state index in [1.807, 2.05) is 0 Å². The van der Waals surface area contributed by atoms with E-state index in [1.165, 1.54) is 0 Å². The van der Waals surface area contributed by atoms with Crippen LogP contribution in [0.1, 0.15) is 28.8 Å². The number of ether oxygens (including phenoxy) is 4. The Morgan fingerprint density at radius 3 is 1.89 bits per heavy atom. The molecular formula is C21H17NO5. The number of nitrogens with zero attached hydrogens (tertiary/aromatic N) is 1. The first-order valence-electron chi connectivity index (χ1n) is 9.06. The number of hydrogen-bond acceptors (Lipinski definition) is 6. The van der Waals surface area contributed by atoms with Crippen molar-refractivity contribution in [2.45, 2.75) is 12.8 Å². The summed E-state index contributed by atoms with van der Waals surface area (Å²) in [6.45, 7) is 1.81. The van der Waals surface area contributed by atoms with Crippen LogP contribution >= 0.6 is 0 Å². The van der Waals surface area contributed by atoms with E-state index in [-0.39, 0.29) is 11.7 Å². The van der Waals surface area contributed by atoms with Crippen molar-refractivity contribution in [3.63, 3.8) is 0 Å². The first-order valence-corrected chi connectivity index (χ1v) is 9.06. The van der Waals surface area contributed by atoms with Crippen LogP contribution in [0.15, 0.2) is 24.3 Å². The molecule has 0 unspecified atom stereocenters. The number of nitriles is 1. The third-order valence-corrected chi connectivity index (χ3v) is 4.99. The number of rotatable bonds is 3. The average molecular weight is 363 g/mol. The van der Waals surface area contributed by atoms with Crippen molar-refractivity contribution in [3.05, 3.63) is 35.4 Å². The van der Waals surface area contributed by atoms with Gasteiger partial charge < -0.3 is 18.9 Å². The molecule has 2 aromatic carbocycles. The SMILES string of the molecule is N#Cc1cc2c(cc1-c1cc3c(cc1C(=O)C1CC1)OCCO3)OCCO2. The van der Waals surface area contributed by atoms with E-state index in [2.05, 4.69) is 6.07 Å². The van der Waals surface area contributed by atoms with Crippen LogP contribution in [0.25, 0.3) is 11.1 Å². The predicted octanol–water partition coefficient (Wildman–Crippen LogP) is 3.36. The topological polar surface area (TPSA) is 77.8 Å². The van der Waals surface area contributed by atoms with Crippen LogP contribution in [-0.2, 0) is 0 Å². The van der Waals surface area contributed by atoms with Crippen LogP contribution in [0, 0.1) is 17.2 Å². The molecule has 2 aromatic rings. The Hall–Kier alpha value is -3.20. The molecule has 27 heavy (non-hydrogen) atoms. The quantitative estimate of drug-likeness (QED) is 0.778. The van der Waals surface area contributed by atoms with Gasteiger partial charge in [-0.15, -0.1) is 0 Å². The van der Waals surface area contributed by atoms with Gasteiger partial charge in [0.25, 0.3) is 0 Å². The van der Waals surface area contributed by atoms with Gasteiger partial charge in [-0.25, -0.2) is 0 Å². The zero-order valence-corrected chi connectivity index (χ0v) is 14.6. The second-order valence-corrected chi connectivity index (χ2v) is 6.83. The van der Waals surface area contributed by atoms with Crippen LogP contribution in [0.5, 0.6) is 23.0 Å². The molecule has 0 saturated heterocycles. The molecule has 1 fully saturated rings. The van der Waals surface area contributed by atoms with Gasteiger partial charge in [-0.1, -0.05) is 0 Å². The van der Waals surface area contributed by atoms with Gasteiger partial charge in [0.2, 0.25) is 0 Å². The molecule has 0 amide bonds. The van der Waals surface area contributed by atoms with Gasteiger partial charge in [0, 0.05) is 23.1 Å². The molecular weight excluding hydrogens is 346 g/mol. The van der Waals surface area contributed by atoms with Crippen LogP contribution in [-0.4, -0.2) is 32.2 Å². The maximum atomic E-state index is 12.9. The van der Waals surface area contributed by atoms with Crippen molar-refractivity contribution in [3.8, 4) is 40.2 Å². The van der Waals surface area contributed by atoms with Crippen LogP contribution in [0.4, 0.5) is 0 Å². The fourth-order valence-corrected chi connectivity index (χ4v) is 3.49. The van der Waals surface area contributed by atoms with Crippen molar-refractivity contribution >= 4 is 5.78 Å². The van der Waals surface area contributed by atoms with Gasteiger partial charge in [0.1, 0.15) is 26.4 Å². The number of fused-ring (bicyclic) bond motifs is 2. The minimum Gasteiger partial charge on any atom is -0.486 e. The molecule has 0 aromatic heterocycles. The Bertz CT molecular complexity index is 987. The highest BCUT2D eigenvalue weighted by Crippen LogP contribution is 2.44. The van der Waals surface area contributed by atoms with Crippen molar-refractivity contribution in [1.29, 1.82) is 5.26 Å². The summed E-state index contributed by atoms with van der Waals surface area (Å²) >= 11 is 0. The number of Topliss-reactive ketones (excluding diaryl/α,β-unsaturated/α-hetero) is 1. The summed E-state index contributed by atoms with van der Waals surface area (Å²) in [5.41, 5.74) is 2.31. The molecule has 0 spiro atoms. The van der Waals surface area contributed by atoms with Crippen LogP contribution < -0.4 is 18.9 Å². The van der Waals surface area contributed by atoms with Gasteiger partial charge in [-0.2, -0.15) is 5.26 Å². The van der Waals surface area contributed by atoms with E-state index in [0.717, 1.165) is 12.8 Å². The van der Waals surface area contributed by atoms with Gasteiger partial charge in [-0.05, 0) is 36.6 Å². The summed E-state index contributed by atoms with van der Waals surface area (Å²) < 4.78 is 22.6. The first kappa shape index (κ1) is 16.0. The lowest BCUT2D eigenvalue weighted by molar-refractivity contribution is 0.0967. The minimum atomic E-state index is 0.0501. The van der Waals surface area contributed by atoms with Crippen molar-refractivity contribution < 1.29 is 23.7 Å². The normalized spacial score (nSPS) is 17.1. The smallest absolute Gasteiger partial charge is 0.166 e. The summed E-state index contributed by atoms with van der Waals surface area (Å²) in [5, 5.41) is 9.68. The monoisotopic (exact) mass is 363 g/mol. The Kier molecular flexibility index (Phi) is 3.68. The third kappa shape index (κ3) is 2.76.